The molecule has 0 spiro atoms. The first-order chi connectivity index (χ1) is 10.5. The van der Waals surface area contributed by atoms with Crippen LogP contribution in [0.2, 0.25) is 5.02 Å². The van der Waals surface area contributed by atoms with Crippen molar-refractivity contribution in [2.75, 3.05) is 20.3 Å². The molecule has 5 nitrogen and oxygen atoms in total. The molecule has 0 radical (unpaired) electrons. The molecule has 120 valence electrons. The standard InChI is InChI=1S/C16H21ClN2O3/c1-16(6-8-20,11-22-2)18-15(21)10-19-7-5-12-3-4-13(17)9-14(12)19/h3-5,7,9,20H,6,8,10-11H2,1-2H3,(H,18,21). The molecule has 6 heteroatoms. The van der Waals surface area contributed by atoms with E-state index in [4.69, 9.17) is 21.4 Å². The number of hydrogen-bond donors (Lipinski definition) is 2. The van der Waals surface area contributed by atoms with Crippen molar-refractivity contribution in [3.05, 3.63) is 35.5 Å². The van der Waals surface area contributed by atoms with Crippen LogP contribution in [0.3, 0.4) is 0 Å². The van der Waals surface area contributed by atoms with Crippen molar-refractivity contribution in [2.24, 2.45) is 0 Å². The average Bonchev–Trinajstić information content (AvgIpc) is 2.81. The third kappa shape index (κ3) is 4.00. The van der Waals surface area contributed by atoms with Crippen LogP contribution in [0, 0.1) is 0 Å². The summed E-state index contributed by atoms with van der Waals surface area (Å²) in [5.41, 5.74) is 0.333. The van der Waals surface area contributed by atoms with E-state index in [0.717, 1.165) is 10.9 Å². The average molecular weight is 325 g/mol. The number of nitrogens with one attached hydrogen (secondary N) is 1. The zero-order valence-electron chi connectivity index (χ0n) is 12.8. The van der Waals surface area contributed by atoms with Gasteiger partial charge in [-0.15, -0.1) is 0 Å². The topological polar surface area (TPSA) is 63.5 Å². The van der Waals surface area contributed by atoms with Crippen LogP contribution >= 0.6 is 11.6 Å². The van der Waals surface area contributed by atoms with Crippen LogP contribution in [0.1, 0.15) is 13.3 Å². The maximum absolute atomic E-state index is 12.3. The number of ether oxygens (including phenoxy) is 1. The Morgan fingerprint density at radius 3 is 2.91 bits per heavy atom. The molecule has 0 aliphatic heterocycles. The number of carbonyl (C=O) groups excluding carboxylic acids is 1. The molecule has 2 N–H and O–H groups in total. The Labute approximate surface area is 134 Å². The predicted molar refractivity (Wildman–Crippen MR) is 87.1 cm³/mol. The van der Waals surface area contributed by atoms with Crippen molar-refractivity contribution in [3.63, 3.8) is 0 Å². The number of fused-ring (bicyclic) bond motifs is 1. The summed E-state index contributed by atoms with van der Waals surface area (Å²) in [7, 11) is 1.57. The SMILES string of the molecule is COCC(C)(CCO)NC(=O)Cn1ccc2ccc(Cl)cc21. The highest BCUT2D eigenvalue weighted by molar-refractivity contribution is 6.31. The van der Waals surface area contributed by atoms with Gasteiger partial charge in [0.2, 0.25) is 5.91 Å². The first-order valence-corrected chi connectivity index (χ1v) is 7.50. The largest absolute Gasteiger partial charge is 0.396 e. The summed E-state index contributed by atoms with van der Waals surface area (Å²) >= 11 is 6.01. The summed E-state index contributed by atoms with van der Waals surface area (Å²) in [6.07, 6.45) is 2.30. The summed E-state index contributed by atoms with van der Waals surface area (Å²) in [4.78, 5) is 12.3. The third-order valence-electron chi connectivity index (χ3n) is 3.62. The number of rotatable bonds is 7. The summed E-state index contributed by atoms with van der Waals surface area (Å²) in [6.45, 7) is 2.38. The lowest BCUT2D eigenvalue weighted by atomic mass is 9.99. The Balaban J connectivity index is 2.11. The molecule has 1 atom stereocenters. The number of aliphatic hydroxyl groups excluding tert-OH is 1. The highest BCUT2D eigenvalue weighted by Gasteiger charge is 2.26. The second-order valence-corrected chi connectivity index (χ2v) is 6.10. The highest BCUT2D eigenvalue weighted by Crippen LogP contribution is 2.20. The lowest BCUT2D eigenvalue weighted by Crippen LogP contribution is -2.50. The van der Waals surface area contributed by atoms with Crippen molar-refractivity contribution in [1.29, 1.82) is 0 Å². The van der Waals surface area contributed by atoms with Crippen molar-refractivity contribution in [2.45, 2.75) is 25.4 Å². The molecule has 0 saturated heterocycles. The molecular weight excluding hydrogens is 304 g/mol. The number of carbonyl (C=O) groups is 1. The minimum atomic E-state index is -0.582. The molecule has 0 bridgehead atoms. The molecule has 0 aliphatic carbocycles. The monoisotopic (exact) mass is 324 g/mol. The Morgan fingerprint density at radius 1 is 1.45 bits per heavy atom. The van der Waals surface area contributed by atoms with Gasteiger partial charge in [0.15, 0.2) is 0 Å². The van der Waals surface area contributed by atoms with Crippen molar-refractivity contribution in [1.82, 2.24) is 9.88 Å². The van der Waals surface area contributed by atoms with Gasteiger partial charge in [-0.3, -0.25) is 4.79 Å². The van der Waals surface area contributed by atoms with Crippen molar-refractivity contribution >= 4 is 28.4 Å². The summed E-state index contributed by atoms with van der Waals surface area (Å²) in [5, 5.41) is 13.7. The van der Waals surface area contributed by atoms with Crippen LogP contribution in [0.15, 0.2) is 30.5 Å². The lowest BCUT2D eigenvalue weighted by Gasteiger charge is -2.29. The van der Waals surface area contributed by atoms with E-state index >= 15 is 0 Å². The Hall–Kier alpha value is -1.56. The first kappa shape index (κ1) is 16.8. The number of methoxy groups -OCH3 is 1. The van der Waals surface area contributed by atoms with Crippen molar-refractivity contribution in [3.8, 4) is 0 Å². The van der Waals surface area contributed by atoms with E-state index in [9.17, 15) is 4.79 Å². The zero-order chi connectivity index (χ0) is 16.2. The number of amides is 1. The molecule has 1 amide bonds. The molecule has 1 heterocycles. The van der Waals surface area contributed by atoms with Crippen LogP contribution in [-0.2, 0) is 16.1 Å². The van der Waals surface area contributed by atoms with Crippen LogP contribution in [0.4, 0.5) is 0 Å². The first-order valence-electron chi connectivity index (χ1n) is 7.12. The van der Waals surface area contributed by atoms with Gasteiger partial charge in [0.25, 0.3) is 0 Å². The van der Waals surface area contributed by atoms with E-state index in [0.29, 0.717) is 18.1 Å². The lowest BCUT2D eigenvalue weighted by molar-refractivity contribution is -0.124. The second kappa shape index (κ2) is 7.13. The van der Waals surface area contributed by atoms with Crippen LogP contribution < -0.4 is 5.32 Å². The molecule has 1 aromatic heterocycles. The van der Waals surface area contributed by atoms with E-state index in [1.807, 2.05) is 42.0 Å². The molecule has 0 fully saturated rings. The summed E-state index contributed by atoms with van der Waals surface area (Å²) in [6, 6.07) is 7.53. The maximum Gasteiger partial charge on any atom is 0.240 e. The number of aromatic nitrogens is 1. The highest BCUT2D eigenvalue weighted by atomic mass is 35.5. The number of aliphatic hydroxyl groups is 1. The molecule has 1 aromatic carbocycles. The Bertz CT molecular complexity index is 648. The fourth-order valence-electron chi connectivity index (χ4n) is 2.56. The van der Waals surface area contributed by atoms with Gasteiger partial charge in [-0.25, -0.2) is 0 Å². The molecule has 22 heavy (non-hydrogen) atoms. The smallest absolute Gasteiger partial charge is 0.240 e. The van der Waals surface area contributed by atoms with Crippen LogP contribution in [-0.4, -0.2) is 41.4 Å². The van der Waals surface area contributed by atoms with Crippen LogP contribution in [0.5, 0.6) is 0 Å². The molecule has 2 rings (SSSR count). The van der Waals surface area contributed by atoms with Gasteiger partial charge in [-0.2, -0.15) is 0 Å². The fourth-order valence-corrected chi connectivity index (χ4v) is 2.73. The van der Waals surface area contributed by atoms with E-state index < -0.39 is 5.54 Å². The molecule has 2 aromatic rings. The number of nitrogens with zero attached hydrogens (tertiary/aromatic N) is 1. The molecule has 0 aliphatic rings. The Morgan fingerprint density at radius 2 is 2.23 bits per heavy atom. The van der Waals surface area contributed by atoms with Gasteiger partial charge >= 0.3 is 0 Å². The quantitative estimate of drug-likeness (QED) is 0.820. The maximum atomic E-state index is 12.3. The van der Waals surface area contributed by atoms with Crippen molar-refractivity contribution < 1.29 is 14.6 Å². The molecular formula is C16H21ClN2O3. The number of halogens is 1. The number of benzene rings is 1. The van der Waals surface area contributed by atoms with E-state index in [-0.39, 0.29) is 19.1 Å². The normalized spacial score (nSPS) is 14.0. The third-order valence-corrected chi connectivity index (χ3v) is 3.85. The van der Waals surface area contributed by atoms with Gasteiger partial charge in [0.1, 0.15) is 6.54 Å². The molecule has 1 unspecified atom stereocenters. The molecule has 0 saturated carbocycles. The van der Waals surface area contributed by atoms with Gasteiger partial charge < -0.3 is 19.7 Å². The fraction of sp³-hybridized carbons (Fsp3) is 0.438. The van der Waals surface area contributed by atoms with Gasteiger partial charge in [0, 0.05) is 30.5 Å². The zero-order valence-corrected chi connectivity index (χ0v) is 13.6. The van der Waals surface area contributed by atoms with E-state index in [2.05, 4.69) is 5.32 Å². The summed E-state index contributed by atoms with van der Waals surface area (Å²) in [5.74, 6) is -0.134. The minimum Gasteiger partial charge on any atom is -0.396 e. The summed E-state index contributed by atoms with van der Waals surface area (Å²) < 4.78 is 6.98. The van der Waals surface area contributed by atoms with Gasteiger partial charge in [0.05, 0.1) is 12.1 Å². The second-order valence-electron chi connectivity index (χ2n) is 5.66. The van der Waals surface area contributed by atoms with E-state index in [1.54, 1.807) is 7.11 Å². The predicted octanol–water partition coefficient (Wildman–Crippen LogP) is 2.20. The minimum absolute atomic E-state index is 0.0117. The Kier molecular flexibility index (Phi) is 5.45. The number of hydrogen-bond acceptors (Lipinski definition) is 3. The van der Waals surface area contributed by atoms with Gasteiger partial charge in [-0.05, 0) is 36.9 Å². The van der Waals surface area contributed by atoms with Gasteiger partial charge in [-0.1, -0.05) is 17.7 Å². The van der Waals surface area contributed by atoms with E-state index in [1.165, 1.54) is 0 Å². The van der Waals surface area contributed by atoms with Crippen LogP contribution in [0.25, 0.3) is 10.9 Å².